The Hall–Kier alpha value is -1.86. The molecule has 1 atom stereocenters. The minimum atomic E-state index is 0.372. The molecule has 0 saturated carbocycles. The summed E-state index contributed by atoms with van der Waals surface area (Å²) in [5.74, 6) is 0. The van der Waals surface area contributed by atoms with Crippen LogP contribution in [0.4, 0.5) is 0 Å². The van der Waals surface area contributed by atoms with E-state index in [1.165, 1.54) is 16.7 Å². The standard InChI is InChI=1S/C19H23N/c1-3-8-19(20-15-4-2)18-13-11-17(12-14-18)16-9-6-5-7-10-16/h3,5-7,9-14,19-20H,1,4,8,15H2,2H3. The third-order valence-corrected chi connectivity index (χ3v) is 3.46. The number of benzene rings is 2. The lowest BCUT2D eigenvalue weighted by Gasteiger charge is -2.17. The van der Waals surface area contributed by atoms with E-state index in [0.29, 0.717) is 6.04 Å². The first kappa shape index (κ1) is 14.5. The van der Waals surface area contributed by atoms with Crippen LogP contribution in [-0.2, 0) is 0 Å². The van der Waals surface area contributed by atoms with E-state index in [4.69, 9.17) is 0 Å². The zero-order valence-corrected chi connectivity index (χ0v) is 12.2. The van der Waals surface area contributed by atoms with E-state index in [-0.39, 0.29) is 0 Å². The zero-order chi connectivity index (χ0) is 14.2. The summed E-state index contributed by atoms with van der Waals surface area (Å²) in [6, 6.07) is 19.7. The van der Waals surface area contributed by atoms with Crippen molar-refractivity contribution < 1.29 is 0 Å². The van der Waals surface area contributed by atoms with Crippen LogP contribution in [0.3, 0.4) is 0 Å². The van der Waals surface area contributed by atoms with Crippen LogP contribution >= 0.6 is 0 Å². The van der Waals surface area contributed by atoms with Gasteiger partial charge < -0.3 is 5.32 Å². The molecule has 0 aliphatic heterocycles. The number of hydrogen-bond acceptors (Lipinski definition) is 1. The van der Waals surface area contributed by atoms with Crippen LogP contribution in [-0.4, -0.2) is 6.54 Å². The number of nitrogens with one attached hydrogen (secondary N) is 1. The van der Waals surface area contributed by atoms with Gasteiger partial charge in [-0.15, -0.1) is 6.58 Å². The van der Waals surface area contributed by atoms with E-state index in [2.05, 4.69) is 67.4 Å². The predicted octanol–water partition coefficient (Wildman–Crippen LogP) is 4.97. The summed E-state index contributed by atoms with van der Waals surface area (Å²) in [5.41, 5.74) is 3.86. The van der Waals surface area contributed by atoms with Gasteiger partial charge in [-0.25, -0.2) is 0 Å². The van der Waals surface area contributed by atoms with Crippen molar-refractivity contribution >= 4 is 0 Å². The van der Waals surface area contributed by atoms with Gasteiger partial charge in [0.05, 0.1) is 0 Å². The molecule has 0 aliphatic carbocycles. The first-order valence-electron chi connectivity index (χ1n) is 7.34. The molecule has 0 fully saturated rings. The van der Waals surface area contributed by atoms with Crippen LogP contribution in [0.5, 0.6) is 0 Å². The minimum absolute atomic E-state index is 0.372. The highest BCUT2D eigenvalue weighted by Gasteiger charge is 2.08. The van der Waals surface area contributed by atoms with Crippen LogP contribution in [0.25, 0.3) is 11.1 Å². The molecule has 1 nitrogen and oxygen atoms in total. The Morgan fingerprint density at radius 3 is 2.25 bits per heavy atom. The Labute approximate surface area is 122 Å². The Kier molecular flexibility index (Phi) is 5.57. The van der Waals surface area contributed by atoms with E-state index >= 15 is 0 Å². The van der Waals surface area contributed by atoms with Gasteiger partial charge in [-0.1, -0.05) is 67.6 Å². The van der Waals surface area contributed by atoms with Gasteiger partial charge in [0.15, 0.2) is 0 Å². The van der Waals surface area contributed by atoms with Crippen molar-refractivity contribution in [2.24, 2.45) is 0 Å². The minimum Gasteiger partial charge on any atom is -0.310 e. The van der Waals surface area contributed by atoms with Crippen LogP contribution in [0, 0.1) is 0 Å². The molecule has 104 valence electrons. The lowest BCUT2D eigenvalue weighted by Crippen LogP contribution is -2.21. The average molecular weight is 265 g/mol. The van der Waals surface area contributed by atoms with E-state index in [9.17, 15) is 0 Å². The first-order valence-corrected chi connectivity index (χ1v) is 7.34. The largest absolute Gasteiger partial charge is 0.310 e. The zero-order valence-electron chi connectivity index (χ0n) is 12.2. The quantitative estimate of drug-likeness (QED) is 0.697. The monoisotopic (exact) mass is 265 g/mol. The fraction of sp³-hybridized carbons (Fsp3) is 0.263. The van der Waals surface area contributed by atoms with Gasteiger partial charge in [-0.3, -0.25) is 0 Å². The van der Waals surface area contributed by atoms with Crippen molar-refractivity contribution in [1.29, 1.82) is 0 Å². The molecule has 0 heterocycles. The third-order valence-electron chi connectivity index (χ3n) is 3.46. The Morgan fingerprint density at radius 1 is 1.00 bits per heavy atom. The Bertz CT molecular complexity index is 513. The molecule has 0 aliphatic rings. The second-order valence-corrected chi connectivity index (χ2v) is 5.02. The maximum atomic E-state index is 3.86. The van der Waals surface area contributed by atoms with Crippen molar-refractivity contribution in [2.45, 2.75) is 25.8 Å². The third kappa shape index (κ3) is 3.82. The lowest BCUT2D eigenvalue weighted by molar-refractivity contribution is 0.537. The Morgan fingerprint density at radius 2 is 1.65 bits per heavy atom. The molecule has 0 saturated heterocycles. The van der Waals surface area contributed by atoms with Crippen molar-refractivity contribution in [3.05, 3.63) is 72.8 Å². The second kappa shape index (κ2) is 7.66. The normalized spacial score (nSPS) is 12.1. The summed E-state index contributed by atoms with van der Waals surface area (Å²) in [6.07, 6.45) is 4.10. The van der Waals surface area contributed by atoms with Gasteiger partial charge >= 0.3 is 0 Å². The molecule has 20 heavy (non-hydrogen) atoms. The van der Waals surface area contributed by atoms with E-state index in [1.54, 1.807) is 0 Å². The summed E-state index contributed by atoms with van der Waals surface area (Å²) in [5, 5.41) is 3.57. The topological polar surface area (TPSA) is 12.0 Å². The highest BCUT2D eigenvalue weighted by molar-refractivity contribution is 5.63. The summed E-state index contributed by atoms with van der Waals surface area (Å²) in [4.78, 5) is 0. The van der Waals surface area contributed by atoms with Gasteiger partial charge in [0.25, 0.3) is 0 Å². The molecule has 0 aromatic heterocycles. The predicted molar refractivity (Wildman–Crippen MR) is 87.7 cm³/mol. The van der Waals surface area contributed by atoms with Crippen LogP contribution in [0.15, 0.2) is 67.3 Å². The molecule has 0 bridgehead atoms. The maximum Gasteiger partial charge on any atom is 0.0354 e. The SMILES string of the molecule is C=CCC(NCCC)c1ccc(-c2ccccc2)cc1. The average Bonchev–Trinajstić information content (AvgIpc) is 2.52. The highest BCUT2D eigenvalue weighted by Crippen LogP contribution is 2.23. The smallest absolute Gasteiger partial charge is 0.0354 e. The van der Waals surface area contributed by atoms with Gasteiger partial charge in [0.2, 0.25) is 0 Å². The molecule has 2 aromatic carbocycles. The van der Waals surface area contributed by atoms with Gasteiger partial charge in [0, 0.05) is 6.04 Å². The van der Waals surface area contributed by atoms with Crippen LogP contribution in [0.2, 0.25) is 0 Å². The van der Waals surface area contributed by atoms with Gasteiger partial charge in [-0.05, 0) is 36.1 Å². The van der Waals surface area contributed by atoms with Crippen LogP contribution in [0.1, 0.15) is 31.4 Å². The molecule has 1 N–H and O–H groups in total. The molecular weight excluding hydrogens is 242 g/mol. The van der Waals surface area contributed by atoms with Gasteiger partial charge in [0.1, 0.15) is 0 Å². The molecule has 0 amide bonds. The van der Waals surface area contributed by atoms with E-state index in [1.807, 2.05) is 12.1 Å². The molecule has 0 spiro atoms. The number of rotatable bonds is 7. The van der Waals surface area contributed by atoms with Gasteiger partial charge in [-0.2, -0.15) is 0 Å². The summed E-state index contributed by atoms with van der Waals surface area (Å²) < 4.78 is 0. The van der Waals surface area contributed by atoms with Crippen molar-refractivity contribution in [2.75, 3.05) is 6.54 Å². The van der Waals surface area contributed by atoms with Crippen molar-refractivity contribution in [3.63, 3.8) is 0 Å². The van der Waals surface area contributed by atoms with Crippen molar-refractivity contribution in [3.8, 4) is 11.1 Å². The Balaban J connectivity index is 2.15. The fourth-order valence-corrected chi connectivity index (χ4v) is 2.36. The van der Waals surface area contributed by atoms with Crippen molar-refractivity contribution in [1.82, 2.24) is 5.32 Å². The molecule has 1 unspecified atom stereocenters. The van der Waals surface area contributed by atoms with E-state index < -0.39 is 0 Å². The molecule has 2 rings (SSSR count). The molecule has 0 radical (unpaired) electrons. The highest BCUT2D eigenvalue weighted by atomic mass is 14.9. The molecule has 2 aromatic rings. The fourth-order valence-electron chi connectivity index (χ4n) is 2.36. The van der Waals surface area contributed by atoms with Crippen LogP contribution < -0.4 is 5.32 Å². The second-order valence-electron chi connectivity index (χ2n) is 5.02. The maximum absolute atomic E-state index is 3.86. The first-order chi connectivity index (χ1) is 9.85. The summed E-state index contributed by atoms with van der Waals surface area (Å²) in [6.45, 7) is 7.09. The molecular formula is C19H23N. The number of hydrogen-bond donors (Lipinski definition) is 1. The molecule has 1 heteroatoms. The summed E-state index contributed by atoms with van der Waals surface area (Å²) in [7, 11) is 0. The van der Waals surface area contributed by atoms with E-state index in [0.717, 1.165) is 19.4 Å². The lowest BCUT2D eigenvalue weighted by atomic mass is 9.99. The summed E-state index contributed by atoms with van der Waals surface area (Å²) >= 11 is 0.